The summed E-state index contributed by atoms with van der Waals surface area (Å²) >= 11 is 0. The van der Waals surface area contributed by atoms with Crippen LogP contribution in [0.2, 0.25) is 0 Å². The monoisotopic (exact) mass is 393 g/mol. The van der Waals surface area contributed by atoms with Crippen LogP contribution in [0.1, 0.15) is 52.0 Å². The molecule has 9 heteroatoms. The summed E-state index contributed by atoms with van der Waals surface area (Å²) in [4.78, 5) is 3.96. The molecule has 0 unspecified atom stereocenters. The van der Waals surface area contributed by atoms with E-state index < -0.39 is 26.5 Å². The maximum atomic E-state index is 12.8. The Morgan fingerprint density at radius 1 is 1.15 bits per heavy atom. The van der Waals surface area contributed by atoms with Crippen LogP contribution in [-0.4, -0.2) is 30.7 Å². The molecule has 5 nitrogen and oxygen atoms in total. The summed E-state index contributed by atoms with van der Waals surface area (Å²) < 4.78 is 64.3. The molecule has 0 bridgehead atoms. The molecule has 1 aliphatic carbocycles. The van der Waals surface area contributed by atoms with Crippen LogP contribution in [0.5, 0.6) is 0 Å². The Hall–Kier alpha value is -1.35. The van der Waals surface area contributed by atoms with Crippen molar-refractivity contribution in [1.29, 1.82) is 0 Å². The molecule has 0 saturated heterocycles. The minimum Gasteiger partial charge on any atom is -0.367 e. The van der Waals surface area contributed by atoms with Gasteiger partial charge in [-0.15, -0.1) is 0 Å². The molecule has 1 saturated carbocycles. The van der Waals surface area contributed by atoms with Crippen molar-refractivity contribution in [3.05, 3.63) is 23.9 Å². The van der Waals surface area contributed by atoms with E-state index in [0.717, 1.165) is 44.0 Å². The predicted molar refractivity (Wildman–Crippen MR) is 95.3 cm³/mol. The van der Waals surface area contributed by atoms with Crippen LogP contribution in [0.4, 0.5) is 19.0 Å². The van der Waals surface area contributed by atoms with Gasteiger partial charge in [-0.25, -0.2) is 18.1 Å². The van der Waals surface area contributed by atoms with Crippen LogP contribution in [0, 0.1) is 5.92 Å². The molecule has 1 aliphatic rings. The molecule has 0 aromatic carbocycles. The van der Waals surface area contributed by atoms with Crippen molar-refractivity contribution in [1.82, 2.24) is 9.71 Å². The number of nitrogens with one attached hydrogen (secondary N) is 2. The second kappa shape index (κ2) is 7.72. The van der Waals surface area contributed by atoms with Crippen LogP contribution in [0.3, 0.4) is 0 Å². The average molecular weight is 393 g/mol. The summed E-state index contributed by atoms with van der Waals surface area (Å²) in [6.45, 7) is 5.35. The van der Waals surface area contributed by atoms with Gasteiger partial charge < -0.3 is 5.32 Å². The van der Waals surface area contributed by atoms with E-state index in [9.17, 15) is 21.6 Å². The van der Waals surface area contributed by atoms with Gasteiger partial charge in [-0.3, -0.25) is 0 Å². The van der Waals surface area contributed by atoms with Gasteiger partial charge >= 0.3 is 6.18 Å². The fourth-order valence-corrected chi connectivity index (χ4v) is 3.74. The first kappa shape index (κ1) is 21.0. The fourth-order valence-electron chi connectivity index (χ4n) is 2.85. The van der Waals surface area contributed by atoms with E-state index in [2.05, 4.69) is 15.0 Å². The highest BCUT2D eigenvalue weighted by molar-refractivity contribution is 7.90. The number of halogens is 3. The van der Waals surface area contributed by atoms with Crippen molar-refractivity contribution < 1.29 is 21.6 Å². The summed E-state index contributed by atoms with van der Waals surface area (Å²) in [6.07, 6.45) is -0.0917. The van der Waals surface area contributed by atoms with Gasteiger partial charge in [0.2, 0.25) is 10.0 Å². The Labute approximate surface area is 152 Å². The summed E-state index contributed by atoms with van der Waals surface area (Å²) in [7, 11) is -3.36. The van der Waals surface area contributed by atoms with Gasteiger partial charge in [0, 0.05) is 18.8 Å². The smallest absolute Gasteiger partial charge is 0.367 e. The van der Waals surface area contributed by atoms with E-state index in [4.69, 9.17) is 0 Å². The third-order valence-electron chi connectivity index (χ3n) is 4.65. The predicted octanol–water partition coefficient (Wildman–Crippen LogP) is 3.79. The summed E-state index contributed by atoms with van der Waals surface area (Å²) in [6, 6.07) is 2.01. The molecule has 26 heavy (non-hydrogen) atoms. The number of alkyl halides is 3. The van der Waals surface area contributed by atoms with Gasteiger partial charge in [0.15, 0.2) is 0 Å². The van der Waals surface area contributed by atoms with Crippen LogP contribution < -0.4 is 10.0 Å². The summed E-state index contributed by atoms with van der Waals surface area (Å²) in [5.41, 5.74) is -0.722. The zero-order valence-electron chi connectivity index (χ0n) is 15.2. The first-order valence-corrected chi connectivity index (χ1v) is 10.2. The Morgan fingerprint density at radius 2 is 1.77 bits per heavy atom. The first-order valence-electron chi connectivity index (χ1n) is 8.67. The number of anilines is 1. The van der Waals surface area contributed by atoms with Gasteiger partial charge in [-0.1, -0.05) is 0 Å². The standard InChI is InChI=1S/C17H26F3N3O2S/c1-16(2,3)26(24,25)22-11-12-4-6-14(7-5-12)23-15-10-13(8-9-21-15)17(18,19)20/h8-10,12,14,22H,4-7,11H2,1-3H3,(H,21,23)/t12-,14-. The lowest BCUT2D eigenvalue weighted by Gasteiger charge is -2.30. The summed E-state index contributed by atoms with van der Waals surface area (Å²) in [5, 5.41) is 3.06. The average Bonchev–Trinajstić information content (AvgIpc) is 2.53. The second-order valence-electron chi connectivity index (χ2n) is 7.75. The lowest BCUT2D eigenvalue weighted by molar-refractivity contribution is -0.137. The Bertz CT molecular complexity index is 707. The molecular weight excluding hydrogens is 367 g/mol. The van der Waals surface area contributed by atoms with E-state index in [1.807, 2.05) is 0 Å². The van der Waals surface area contributed by atoms with E-state index >= 15 is 0 Å². The molecular formula is C17H26F3N3O2S. The molecule has 1 heterocycles. The normalized spacial score (nSPS) is 22.2. The van der Waals surface area contributed by atoms with Gasteiger partial charge in [-0.2, -0.15) is 13.2 Å². The van der Waals surface area contributed by atoms with Gasteiger partial charge in [0.05, 0.1) is 10.3 Å². The summed E-state index contributed by atoms with van der Waals surface area (Å²) in [5.74, 6) is 0.455. The number of aromatic nitrogens is 1. The minimum atomic E-state index is -4.39. The largest absolute Gasteiger partial charge is 0.416 e. The van der Waals surface area contributed by atoms with E-state index in [1.165, 1.54) is 0 Å². The zero-order chi connectivity index (χ0) is 19.6. The lowest BCUT2D eigenvalue weighted by Crippen LogP contribution is -2.42. The minimum absolute atomic E-state index is 0.0430. The maximum Gasteiger partial charge on any atom is 0.416 e. The highest BCUT2D eigenvalue weighted by Crippen LogP contribution is 2.31. The van der Waals surface area contributed by atoms with Crippen molar-refractivity contribution in [2.75, 3.05) is 11.9 Å². The quantitative estimate of drug-likeness (QED) is 0.799. The van der Waals surface area contributed by atoms with Crippen LogP contribution in [-0.2, 0) is 16.2 Å². The highest BCUT2D eigenvalue weighted by atomic mass is 32.2. The lowest BCUT2D eigenvalue weighted by atomic mass is 9.86. The van der Waals surface area contributed by atoms with Crippen molar-refractivity contribution in [2.45, 2.75) is 63.4 Å². The molecule has 0 spiro atoms. The fraction of sp³-hybridized carbons (Fsp3) is 0.706. The van der Waals surface area contributed by atoms with Crippen LogP contribution in [0.25, 0.3) is 0 Å². The third-order valence-corrected chi connectivity index (χ3v) is 6.81. The Morgan fingerprint density at radius 3 is 2.31 bits per heavy atom. The molecule has 148 valence electrons. The van der Waals surface area contributed by atoms with Gasteiger partial charge in [0.1, 0.15) is 5.82 Å². The molecule has 2 N–H and O–H groups in total. The molecule has 0 atom stereocenters. The number of hydrogen-bond acceptors (Lipinski definition) is 4. The molecule has 1 fully saturated rings. The third kappa shape index (κ3) is 5.57. The first-order chi connectivity index (χ1) is 11.9. The number of rotatable bonds is 5. The van der Waals surface area contributed by atoms with Gasteiger partial charge in [0.25, 0.3) is 0 Å². The maximum absolute atomic E-state index is 12.8. The van der Waals surface area contributed by atoms with E-state index in [0.29, 0.717) is 6.54 Å². The molecule has 1 aromatic heterocycles. The number of pyridine rings is 1. The topological polar surface area (TPSA) is 71.1 Å². The van der Waals surface area contributed by atoms with E-state index in [1.54, 1.807) is 20.8 Å². The molecule has 2 rings (SSSR count). The number of sulfonamides is 1. The highest BCUT2D eigenvalue weighted by Gasteiger charge is 2.32. The second-order valence-corrected chi connectivity index (χ2v) is 10.3. The number of hydrogen-bond donors (Lipinski definition) is 2. The van der Waals surface area contributed by atoms with Crippen LogP contribution in [0.15, 0.2) is 18.3 Å². The van der Waals surface area contributed by atoms with Crippen molar-refractivity contribution in [3.8, 4) is 0 Å². The van der Waals surface area contributed by atoms with Crippen molar-refractivity contribution in [2.24, 2.45) is 5.92 Å². The Kier molecular flexibility index (Phi) is 6.22. The van der Waals surface area contributed by atoms with E-state index in [-0.39, 0.29) is 17.8 Å². The molecule has 0 amide bonds. The number of nitrogens with zero attached hydrogens (tertiary/aromatic N) is 1. The van der Waals surface area contributed by atoms with Gasteiger partial charge in [-0.05, 0) is 64.5 Å². The SMILES string of the molecule is CC(C)(C)S(=O)(=O)NC[C@H]1CC[C@H](Nc2cc(C(F)(F)F)ccn2)CC1. The van der Waals surface area contributed by atoms with Crippen molar-refractivity contribution in [3.63, 3.8) is 0 Å². The molecule has 0 aliphatic heterocycles. The molecule has 1 aromatic rings. The molecule has 0 radical (unpaired) electrons. The zero-order valence-corrected chi connectivity index (χ0v) is 16.0. The van der Waals surface area contributed by atoms with Crippen LogP contribution >= 0.6 is 0 Å². The Balaban J connectivity index is 1.84. The van der Waals surface area contributed by atoms with Crippen molar-refractivity contribution >= 4 is 15.8 Å².